The van der Waals surface area contributed by atoms with Gasteiger partial charge in [0.05, 0.1) is 10.6 Å². The summed E-state index contributed by atoms with van der Waals surface area (Å²) in [4.78, 5) is 28.2. The van der Waals surface area contributed by atoms with Gasteiger partial charge in [0.2, 0.25) is 11.8 Å². The van der Waals surface area contributed by atoms with Crippen molar-refractivity contribution in [3.05, 3.63) is 84.2 Å². The minimum atomic E-state index is -4.34. The topological polar surface area (TPSA) is 105 Å². The van der Waals surface area contributed by atoms with Crippen LogP contribution in [0.5, 0.6) is 11.5 Å². The molecule has 1 aliphatic rings. The largest absolute Gasteiger partial charge is 0.486 e. The highest BCUT2D eigenvalue weighted by atomic mass is 32.2. The van der Waals surface area contributed by atoms with Crippen molar-refractivity contribution < 1.29 is 31.9 Å². The van der Waals surface area contributed by atoms with Gasteiger partial charge in [0, 0.05) is 18.7 Å². The SMILES string of the molecule is CC[C@H](C)NC(=O)[C@@H](C)N(Cc1ccccc1)C(=O)CN(c1ccc(F)cc1)S(=O)(=O)c1ccc2c(c1)OCCO2. The zero-order valence-corrected chi connectivity index (χ0v) is 24.1. The van der Waals surface area contributed by atoms with Crippen LogP contribution in [-0.2, 0) is 26.2 Å². The predicted molar refractivity (Wildman–Crippen MR) is 153 cm³/mol. The van der Waals surface area contributed by atoms with Gasteiger partial charge >= 0.3 is 0 Å². The highest BCUT2D eigenvalue weighted by Gasteiger charge is 2.33. The number of amides is 2. The number of carbonyl (C=O) groups excluding carboxylic acids is 2. The molecule has 0 spiro atoms. The number of carbonyl (C=O) groups is 2. The van der Waals surface area contributed by atoms with Gasteiger partial charge in [-0.1, -0.05) is 37.3 Å². The van der Waals surface area contributed by atoms with Gasteiger partial charge in [-0.25, -0.2) is 12.8 Å². The molecule has 3 aromatic rings. The van der Waals surface area contributed by atoms with Crippen molar-refractivity contribution in [2.45, 2.75) is 50.7 Å². The summed E-state index contributed by atoms with van der Waals surface area (Å²) in [6, 6.07) is 17.1. The summed E-state index contributed by atoms with van der Waals surface area (Å²) in [7, 11) is -4.34. The summed E-state index contributed by atoms with van der Waals surface area (Å²) in [6.45, 7) is 5.47. The molecule has 9 nitrogen and oxygen atoms in total. The van der Waals surface area contributed by atoms with E-state index in [1.54, 1.807) is 6.92 Å². The van der Waals surface area contributed by atoms with Crippen LogP contribution in [0.3, 0.4) is 0 Å². The second-order valence-electron chi connectivity index (χ2n) is 9.79. The molecular formula is C30H34FN3O6S. The third-order valence-electron chi connectivity index (χ3n) is 6.86. The Hall–Kier alpha value is -4.12. The first-order chi connectivity index (χ1) is 19.6. The normalized spacial score (nSPS) is 14.0. The lowest BCUT2D eigenvalue weighted by atomic mass is 10.1. The Morgan fingerprint density at radius 1 is 0.951 bits per heavy atom. The fourth-order valence-electron chi connectivity index (χ4n) is 4.28. The summed E-state index contributed by atoms with van der Waals surface area (Å²) < 4.78 is 53.8. The molecule has 3 aromatic carbocycles. The summed E-state index contributed by atoms with van der Waals surface area (Å²) in [6.07, 6.45) is 0.706. The minimum absolute atomic E-state index is 0.0795. The third-order valence-corrected chi connectivity index (χ3v) is 8.63. The Morgan fingerprint density at radius 3 is 2.27 bits per heavy atom. The van der Waals surface area contributed by atoms with E-state index < -0.39 is 34.3 Å². The lowest BCUT2D eigenvalue weighted by molar-refractivity contribution is -0.139. The number of ether oxygens (including phenoxy) is 2. The van der Waals surface area contributed by atoms with E-state index in [0.717, 1.165) is 22.0 Å². The number of sulfonamides is 1. The van der Waals surface area contributed by atoms with Gasteiger partial charge in [-0.2, -0.15) is 0 Å². The molecule has 0 fully saturated rings. The van der Waals surface area contributed by atoms with Crippen LogP contribution in [0.25, 0.3) is 0 Å². The Kier molecular flexibility index (Phi) is 9.49. The number of halogens is 1. The number of benzene rings is 3. The molecule has 1 aliphatic heterocycles. The molecule has 0 aliphatic carbocycles. The average Bonchev–Trinajstić information content (AvgIpc) is 2.98. The molecule has 218 valence electrons. The fourth-order valence-corrected chi connectivity index (χ4v) is 5.71. The average molecular weight is 584 g/mol. The maximum atomic E-state index is 14.0. The molecule has 0 saturated carbocycles. The third kappa shape index (κ3) is 7.15. The monoisotopic (exact) mass is 583 g/mol. The molecule has 0 saturated heterocycles. The van der Waals surface area contributed by atoms with Crippen molar-refractivity contribution in [3.63, 3.8) is 0 Å². The zero-order valence-electron chi connectivity index (χ0n) is 23.2. The van der Waals surface area contributed by atoms with Crippen LogP contribution in [0.4, 0.5) is 10.1 Å². The molecular weight excluding hydrogens is 549 g/mol. The van der Waals surface area contributed by atoms with Crippen LogP contribution in [0, 0.1) is 5.82 Å². The number of nitrogens with one attached hydrogen (secondary N) is 1. The summed E-state index contributed by atoms with van der Waals surface area (Å²) in [5.74, 6) is -0.839. The molecule has 1 heterocycles. The predicted octanol–water partition coefficient (Wildman–Crippen LogP) is 4.12. The molecule has 0 bridgehead atoms. The number of nitrogens with zero attached hydrogens (tertiary/aromatic N) is 2. The van der Waals surface area contributed by atoms with Gasteiger partial charge in [0.1, 0.15) is 31.6 Å². The van der Waals surface area contributed by atoms with Crippen LogP contribution in [0.2, 0.25) is 0 Å². The van der Waals surface area contributed by atoms with Crippen molar-refractivity contribution >= 4 is 27.5 Å². The summed E-state index contributed by atoms with van der Waals surface area (Å²) >= 11 is 0. The second kappa shape index (κ2) is 13.0. The van der Waals surface area contributed by atoms with Crippen LogP contribution < -0.4 is 19.1 Å². The molecule has 4 rings (SSSR count). The highest BCUT2D eigenvalue weighted by molar-refractivity contribution is 7.92. The standard InChI is InChI=1S/C30H34FN3O6S/c1-4-21(2)32-30(36)22(3)33(19-23-8-6-5-7-9-23)29(35)20-34(25-12-10-24(31)11-13-25)41(37,38)26-14-15-27-28(18-26)40-17-16-39-27/h5-15,18,21-22H,4,16-17,19-20H2,1-3H3,(H,32,36)/t21-,22+/m0/s1. The number of anilines is 1. The van der Waals surface area contributed by atoms with E-state index in [-0.39, 0.29) is 41.4 Å². The Balaban J connectivity index is 1.70. The Bertz CT molecular complexity index is 1470. The van der Waals surface area contributed by atoms with Crippen LogP contribution in [0.15, 0.2) is 77.7 Å². The molecule has 41 heavy (non-hydrogen) atoms. The smallest absolute Gasteiger partial charge is 0.264 e. The zero-order chi connectivity index (χ0) is 29.6. The van der Waals surface area contributed by atoms with Gasteiger partial charge in [0.15, 0.2) is 11.5 Å². The van der Waals surface area contributed by atoms with Crippen molar-refractivity contribution in [1.82, 2.24) is 10.2 Å². The fraction of sp³-hybridized carbons (Fsp3) is 0.333. The molecule has 0 aromatic heterocycles. The molecule has 0 radical (unpaired) electrons. The van der Waals surface area contributed by atoms with Crippen molar-refractivity contribution in [3.8, 4) is 11.5 Å². The van der Waals surface area contributed by atoms with Crippen LogP contribution in [0.1, 0.15) is 32.8 Å². The van der Waals surface area contributed by atoms with Gasteiger partial charge in [-0.3, -0.25) is 13.9 Å². The van der Waals surface area contributed by atoms with Crippen molar-refractivity contribution in [2.75, 3.05) is 24.1 Å². The van der Waals surface area contributed by atoms with E-state index in [1.165, 1.54) is 35.2 Å². The van der Waals surface area contributed by atoms with E-state index in [2.05, 4.69) is 5.32 Å². The lowest BCUT2D eigenvalue weighted by Crippen LogP contribution is -2.52. The summed E-state index contributed by atoms with van der Waals surface area (Å²) in [5.41, 5.74) is 0.859. The number of hydrogen-bond acceptors (Lipinski definition) is 6. The van der Waals surface area contributed by atoms with E-state index >= 15 is 0 Å². The first-order valence-electron chi connectivity index (χ1n) is 13.4. The molecule has 1 N–H and O–H groups in total. The summed E-state index contributed by atoms with van der Waals surface area (Å²) in [5, 5.41) is 2.89. The molecule has 2 amide bonds. The number of fused-ring (bicyclic) bond motifs is 1. The van der Waals surface area contributed by atoms with Crippen LogP contribution in [-0.4, -0.2) is 57.0 Å². The quantitative estimate of drug-likeness (QED) is 0.364. The van der Waals surface area contributed by atoms with E-state index in [0.29, 0.717) is 18.8 Å². The molecule has 0 unspecified atom stereocenters. The second-order valence-corrected chi connectivity index (χ2v) is 11.7. The van der Waals surface area contributed by atoms with E-state index in [1.807, 2.05) is 44.2 Å². The van der Waals surface area contributed by atoms with Gasteiger partial charge < -0.3 is 19.7 Å². The van der Waals surface area contributed by atoms with E-state index in [9.17, 15) is 22.4 Å². The Morgan fingerprint density at radius 2 is 1.61 bits per heavy atom. The van der Waals surface area contributed by atoms with Gasteiger partial charge in [0.25, 0.3) is 10.0 Å². The minimum Gasteiger partial charge on any atom is -0.486 e. The first kappa shape index (κ1) is 29.9. The van der Waals surface area contributed by atoms with Crippen molar-refractivity contribution in [1.29, 1.82) is 0 Å². The lowest BCUT2D eigenvalue weighted by Gasteiger charge is -2.32. The maximum absolute atomic E-state index is 14.0. The maximum Gasteiger partial charge on any atom is 0.264 e. The highest BCUT2D eigenvalue weighted by Crippen LogP contribution is 2.34. The number of rotatable bonds is 11. The first-order valence-corrected chi connectivity index (χ1v) is 14.9. The molecule has 2 atom stereocenters. The Labute approximate surface area is 239 Å². The van der Waals surface area contributed by atoms with Gasteiger partial charge in [-0.15, -0.1) is 0 Å². The van der Waals surface area contributed by atoms with Crippen LogP contribution >= 0.6 is 0 Å². The van der Waals surface area contributed by atoms with E-state index in [4.69, 9.17) is 9.47 Å². The van der Waals surface area contributed by atoms with Gasteiger partial charge in [-0.05, 0) is 62.2 Å². The molecule has 11 heteroatoms. The van der Waals surface area contributed by atoms with Crippen molar-refractivity contribution in [2.24, 2.45) is 0 Å². The number of hydrogen-bond donors (Lipinski definition) is 1.